The molecule has 1 rings (SSSR count). The predicted octanol–water partition coefficient (Wildman–Crippen LogP) is 1.37. The molecule has 0 radical (unpaired) electrons. The van der Waals surface area contributed by atoms with Crippen LogP contribution in [0, 0.1) is 0 Å². The maximum atomic E-state index is 11.2. The molecule has 1 aromatic heterocycles. The van der Waals surface area contributed by atoms with Crippen molar-refractivity contribution in [1.29, 1.82) is 0 Å². The highest BCUT2D eigenvalue weighted by molar-refractivity contribution is 5.40. The smallest absolute Gasteiger partial charge is 0.252 e. The van der Waals surface area contributed by atoms with Crippen molar-refractivity contribution in [2.24, 2.45) is 7.05 Å². The van der Waals surface area contributed by atoms with Crippen LogP contribution in [-0.2, 0) is 7.05 Å². The number of anilines is 1. The highest BCUT2D eigenvalue weighted by Gasteiger charge is 1.92. The first-order valence-electron chi connectivity index (χ1n) is 4.25. The number of hydrogen-bond donors (Lipinski definition) is 1. The molecule has 0 amide bonds. The van der Waals surface area contributed by atoms with Gasteiger partial charge in [0.2, 0.25) is 0 Å². The lowest BCUT2D eigenvalue weighted by Gasteiger charge is -2.04. The Morgan fingerprint density at radius 2 is 2.46 bits per heavy atom. The largest absolute Gasteiger partial charge is 0.385 e. The van der Waals surface area contributed by atoms with E-state index in [0.717, 1.165) is 18.7 Å². The molecule has 0 aromatic carbocycles. The third-order valence-corrected chi connectivity index (χ3v) is 1.78. The van der Waals surface area contributed by atoms with Crippen molar-refractivity contribution in [3.8, 4) is 0 Å². The molecule has 0 aliphatic carbocycles. The molecule has 0 saturated carbocycles. The van der Waals surface area contributed by atoms with E-state index in [1.165, 1.54) is 0 Å². The summed E-state index contributed by atoms with van der Waals surface area (Å²) in [6.07, 6.45) is 4.49. The van der Waals surface area contributed by atoms with E-state index >= 15 is 0 Å². The predicted molar refractivity (Wildman–Crippen MR) is 55.0 cm³/mol. The van der Waals surface area contributed by atoms with E-state index in [4.69, 9.17) is 0 Å². The van der Waals surface area contributed by atoms with Gasteiger partial charge < -0.3 is 9.88 Å². The summed E-state index contributed by atoms with van der Waals surface area (Å²) in [5.74, 6) is 0. The van der Waals surface area contributed by atoms with Crippen molar-refractivity contribution in [3.05, 3.63) is 41.3 Å². The molecule has 0 unspecified atom stereocenters. The second kappa shape index (κ2) is 4.50. The number of aryl methyl sites for hydroxylation is 1. The Bertz CT molecular complexity index is 341. The third-order valence-electron chi connectivity index (χ3n) is 1.78. The van der Waals surface area contributed by atoms with Crippen molar-refractivity contribution >= 4 is 5.69 Å². The Hall–Kier alpha value is -1.51. The van der Waals surface area contributed by atoms with Crippen molar-refractivity contribution in [1.82, 2.24) is 4.57 Å². The molecule has 13 heavy (non-hydrogen) atoms. The maximum absolute atomic E-state index is 11.2. The van der Waals surface area contributed by atoms with Gasteiger partial charge >= 0.3 is 0 Å². The second-order valence-electron chi connectivity index (χ2n) is 2.87. The van der Waals surface area contributed by atoms with Crippen molar-refractivity contribution < 1.29 is 0 Å². The summed E-state index contributed by atoms with van der Waals surface area (Å²) in [7, 11) is 1.73. The summed E-state index contributed by atoms with van der Waals surface area (Å²) in [5, 5.41) is 3.13. The highest BCUT2D eigenvalue weighted by atomic mass is 16.1. The highest BCUT2D eigenvalue weighted by Crippen LogP contribution is 2.00. The molecule has 70 valence electrons. The van der Waals surface area contributed by atoms with Gasteiger partial charge in [0.25, 0.3) is 5.56 Å². The summed E-state index contributed by atoms with van der Waals surface area (Å²) in [5.41, 5.74) is 0.869. The SMILES string of the molecule is C=CCCNc1ccn(C)c(=O)c1. The van der Waals surface area contributed by atoms with Crippen molar-refractivity contribution in [2.45, 2.75) is 6.42 Å². The van der Waals surface area contributed by atoms with Crippen LogP contribution in [0.25, 0.3) is 0 Å². The first-order valence-corrected chi connectivity index (χ1v) is 4.25. The maximum Gasteiger partial charge on any atom is 0.252 e. The van der Waals surface area contributed by atoms with Gasteiger partial charge in [-0.1, -0.05) is 6.08 Å². The van der Waals surface area contributed by atoms with Crippen LogP contribution < -0.4 is 10.9 Å². The minimum absolute atomic E-state index is 0.00334. The second-order valence-corrected chi connectivity index (χ2v) is 2.87. The van der Waals surface area contributed by atoms with E-state index in [1.54, 1.807) is 23.9 Å². The summed E-state index contributed by atoms with van der Waals surface area (Å²) >= 11 is 0. The van der Waals surface area contributed by atoms with Crippen LogP contribution in [0.15, 0.2) is 35.8 Å². The van der Waals surface area contributed by atoms with Crippen LogP contribution in [-0.4, -0.2) is 11.1 Å². The first-order chi connectivity index (χ1) is 6.24. The fourth-order valence-corrected chi connectivity index (χ4v) is 0.977. The van der Waals surface area contributed by atoms with Crippen LogP contribution in [0.1, 0.15) is 6.42 Å². The number of rotatable bonds is 4. The minimum Gasteiger partial charge on any atom is -0.385 e. The molecular formula is C10H14N2O. The standard InChI is InChI=1S/C10H14N2O/c1-3-4-6-11-9-5-7-12(2)10(13)8-9/h3,5,7-8,11H,1,4,6H2,2H3. The zero-order valence-corrected chi connectivity index (χ0v) is 7.79. The Labute approximate surface area is 77.7 Å². The zero-order valence-electron chi connectivity index (χ0n) is 7.79. The summed E-state index contributed by atoms with van der Waals surface area (Å²) in [6.45, 7) is 4.43. The van der Waals surface area contributed by atoms with Crippen molar-refractivity contribution in [3.63, 3.8) is 0 Å². The minimum atomic E-state index is 0.00334. The Kier molecular flexibility index (Phi) is 3.31. The topological polar surface area (TPSA) is 34.0 Å². The molecule has 0 spiro atoms. The van der Waals surface area contributed by atoms with Crippen LogP contribution in [0.4, 0.5) is 5.69 Å². The number of pyridine rings is 1. The van der Waals surface area contributed by atoms with Gasteiger partial charge in [-0.3, -0.25) is 4.79 Å². The number of aromatic nitrogens is 1. The Balaban J connectivity index is 2.63. The van der Waals surface area contributed by atoms with Gasteiger partial charge in [-0.2, -0.15) is 0 Å². The van der Waals surface area contributed by atoms with E-state index in [9.17, 15) is 4.79 Å². The molecule has 3 nitrogen and oxygen atoms in total. The van der Waals surface area contributed by atoms with Gasteiger partial charge in [-0.15, -0.1) is 6.58 Å². The fourth-order valence-electron chi connectivity index (χ4n) is 0.977. The molecule has 0 bridgehead atoms. The van der Waals surface area contributed by atoms with Crippen LogP contribution in [0.5, 0.6) is 0 Å². The van der Waals surface area contributed by atoms with E-state index in [-0.39, 0.29) is 5.56 Å². The quantitative estimate of drug-likeness (QED) is 0.558. The van der Waals surface area contributed by atoms with Gasteiger partial charge in [0.15, 0.2) is 0 Å². The number of hydrogen-bond acceptors (Lipinski definition) is 2. The molecule has 0 aliphatic rings. The monoisotopic (exact) mass is 178 g/mol. The third kappa shape index (κ3) is 2.78. The normalized spacial score (nSPS) is 9.62. The van der Waals surface area contributed by atoms with Gasteiger partial charge in [0.05, 0.1) is 0 Å². The van der Waals surface area contributed by atoms with Crippen LogP contribution >= 0.6 is 0 Å². The summed E-state index contributed by atoms with van der Waals surface area (Å²) < 4.78 is 1.54. The van der Waals surface area contributed by atoms with E-state index in [2.05, 4.69) is 11.9 Å². The molecule has 0 fully saturated rings. The van der Waals surface area contributed by atoms with Crippen LogP contribution in [0.2, 0.25) is 0 Å². The van der Waals surface area contributed by atoms with E-state index < -0.39 is 0 Å². The fraction of sp³-hybridized carbons (Fsp3) is 0.300. The molecule has 0 saturated heterocycles. The van der Waals surface area contributed by atoms with Crippen LogP contribution in [0.3, 0.4) is 0 Å². The van der Waals surface area contributed by atoms with Crippen molar-refractivity contribution in [2.75, 3.05) is 11.9 Å². The number of nitrogens with zero attached hydrogens (tertiary/aromatic N) is 1. The lowest BCUT2D eigenvalue weighted by atomic mass is 10.3. The average Bonchev–Trinajstić information content (AvgIpc) is 2.12. The molecule has 0 aliphatic heterocycles. The van der Waals surface area contributed by atoms with Gasteiger partial charge in [-0.25, -0.2) is 0 Å². The lowest BCUT2D eigenvalue weighted by molar-refractivity contribution is 0.859. The Morgan fingerprint density at radius 3 is 3.08 bits per heavy atom. The number of nitrogens with one attached hydrogen (secondary N) is 1. The molecular weight excluding hydrogens is 164 g/mol. The summed E-state index contributed by atoms with van der Waals surface area (Å²) in [4.78, 5) is 11.2. The molecule has 3 heteroatoms. The van der Waals surface area contributed by atoms with Gasteiger partial charge in [0.1, 0.15) is 0 Å². The first kappa shape index (κ1) is 9.58. The zero-order chi connectivity index (χ0) is 9.68. The Morgan fingerprint density at radius 1 is 1.69 bits per heavy atom. The average molecular weight is 178 g/mol. The summed E-state index contributed by atoms with van der Waals surface area (Å²) in [6, 6.07) is 3.47. The van der Waals surface area contributed by atoms with Gasteiger partial charge in [0, 0.05) is 31.5 Å². The molecule has 0 atom stereocenters. The molecule has 1 aromatic rings. The molecule has 1 heterocycles. The van der Waals surface area contributed by atoms with Gasteiger partial charge in [-0.05, 0) is 12.5 Å². The van der Waals surface area contributed by atoms with E-state index in [1.807, 2.05) is 12.1 Å². The molecule has 1 N–H and O–H groups in total. The van der Waals surface area contributed by atoms with E-state index in [0.29, 0.717) is 0 Å². The lowest BCUT2D eigenvalue weighted by Crippen LogP contribution is -2.15.